The summed E-state index contributed by atoms with van der Waals surface area (Å²) in [6.07, 6.45) is -3.68. The number of carbonyl (C=O) groups excluding carboxylic acids is 1. The first-order chi connectivity index (χ1) is 7.36. The van der Waals surface area contributed by atoms with Gasteiger partial charge in [0.05, 0.1) is 11.6 Å². The van der Waals surface area contributed by atoms with Crippen molar-refractivity contribution in [1.82, 2.24) is 4.90 Å². The molecular formula is C11H12F3NO. The number of hydrogen-bond acceptors (Lipinski definition) is 1. The zero-order chi connectivity index (χ0) is 12.3. The van der Waals surface area contributed by atoms with E-state index in [-0.39, 0.29) is 6.04 Å². The van der Waals surface area contributed by atoms with E-state index in [1.165, 1.54) is 17.0 Å². The van der Waals surface area contributed by atoms with Crippen LogP contribution in [0.4, 0.5) is 13.2 Å². The van der Waals surface area contributed by atoms with Crippen LogP contribution in [0.15, 0.2) is 24.3 Å². The third-order valence-electron chi connectivity index (χ3n) is 2.50. The lowest BCUT2D eigenvalue weighted by Gasteiger charge is -2.20. The molecule has 0 saturated carbocycles. The minimum Gasteiger partial charge on any atom is -0.342 e. The van der Waals surface area contributed by atoms with Crippen LogP contribution in [0.5, 0.6) is 0 Å². The fourth-order valence-electron chi connectivity index (χ4n) is 1.28. The Morgan fingerprint density at radius 2 is 1.75 bits per heavy atom. The van der Waals surface area contributed by atoms with E-state index in [0.717, 1.165) is 12.1 Å². The molecule has 1 aromatic rings. The molecule has 0 bridgehead atoms. The van der Waals surface area contributed by atoms with Crippen LogP contribution in [0.1, 0.15) is 24.1 Å². The molecule has 0 heterocycles. The van der Waals surface area contributed by atoms with E-state index in [2.05, 4.69) is 0 Å². The molecule has 5 heteroatoms. The van der Waals surface area contributed by atoms with Crippen molar-refractivity contribution >= 4 is 6.41 Å². The maximum atomic E-state index is 12.3. The summed E-state index contributed by atoms with van der Waals surface area (Å²) in [6.45, 7) is 1.75. The predicted octanol–water partition coefficient (Wildman–Crippen LogP) is 2.85. The van der Waals surface area contributed by atoms with Gasteiger partial charge in [-0.05, 0) is 24.6 Å². The van der Waals surface area contributed by atoms with E-state index in [9.17, 15) is 18.0 Å². The first kappa shape index (κ1) is 12.5. The molecule has 0 fully saturated rings. The number of benzene rings is 1. The van der Waals surface area contributed by atoms with Gasteiger partial charge in [-0.2, -0.15) is 13.2 Å². The largest absolute Gasteiger partial charge is 0.416 e. The fourth-order valence-corrected chi connectivity index (χ4v) is 1.28. The molecule has 88 valence electrons. The zero-order valence-electron chi connectivity index (χ0n) is 8.95. The van der Waals surface area contributed by atoms with Crippen LogP contribution in [-0.4, -0.2) is 18.4 Å². The van der Waals surface area contributed by atoms with Crippen LogP contribution in [0.2, 0.25) is 0 Å². The maximum Gasteiger partial charge on any atom is 0.416 e. The molecule has 1 atom stereocenters. The first-order valence-electron chi connectivity index (χ1n) is 4.70. The standard InChI is InChI=1S/C11H12F3NO/c1-8(15(2)7-16)9-3-5-10(6-4-9)11(12,13)14/h3-8H,1-2H3/t8-/m1/s1. The minimum absolute atomic E-state index is 0.236. The number of nitrogens with zero attached hydrogens (tertiary/aromatic N) is 1. The van der Waals surface area contributed by atoms with Crippen LogP contribution >= 0.6 is 0 Å². The molecule has 0 radical (unpaired) electrons. The van der Waals surface area contributed by atoms with Gasteiger partial charge in [0.2, 0.25) is 6.41 Å². The highest BCUT2D eigenvalue weighted by Crippen LogP contribution is 2.30. The van der Waals surface area contributed by atoms with Gasteiger partial charge < -0.3 is 4.90 Å². The molecule has 0 saturated heterocycles. The monoisotopic (exact) mass is 231 g/mol. The van der Waals surface area contributed by atoms with E-state index in [4.69, 9.17) is 0 Å². The van der Waals surface area contributed by atoms with Gasteiger partial charge in [0.25, 0.3) is 0 Å². The zero-order valence-corrected chi connectivity index (χ0v) is 8.95. The lowest BCUT2D eigenvalue weighted by atomic mass is 10.1. The number of halogens is 3. The van der Waals surface area contributed by atoms with Gasteiger partial charge >= 0.3 is 6.18 Å². The van der Waals surface area contributed by atoms with E-state index in [0.29, 0.717) is 12.0 Å². The summed E-state index contributed by atoms with van der Waals surface area (Å²) in [5.74, 6) is 0. The van der Waals surface area contributed by atoms with Crippen LogP contribution in [-0.2, 0) is 11.0 Å². The van der Waals surface area contributed by atoms with Crippen molar-refractivity contribution < 1.29 is 18.0 Å². The van der Waals surface area contributed by atoms with Crippen molar-refractivity contribution in [2.24, 2.45) is 0 Å². The van der Waals surface area contributed by atoms with Crippen LogP contribution < -0.4 is 0 Å². The van der Waals surface area contributed by atoms with Crippen molar-refractivity contribution in [1.29, 1.82) is 0 Å². The van der Waals surface area contributed by atoms with Gasteiger partial charge in [-0.3, -0.25) is 4.79 Å². The number of carbonyl (C=O) groups is 1. The Labute approximate surface area is 91.7 Å². The second-order valence-electron chi connectivity index (χ2n) is 3.57. The number of hydrogen-bond donors (Lipinski definition) is 0. The summed E-state index contributed by atoms with van der Waals surface area (Å²) in [6, 6.07) is 4.57. The summed E-state index contributed by atoms with van der Waals surface area (Å²) in [4.78, 5) is 11.9. The quantitative estimate of drug-likeness (QED) is 0.732. The lowest BCUT2D eigenvalue weighted by molar-refractivity contribution is -0.137. The summed E-state index contributed by atoms with van der Waals surface area (Å²) in [5, 5.41) is 0. The molecule has 0 aliphatic rings. The van der Waals surface area contributed by atoms with Crippen LogP contribution in [0.3, 0.4) is 0 Å². The normalized spacial score (nSPS) is 13.3. The molecule has 1 aromatic carbocycles. The van der Waals surface area contributed by atoms with Crippen LogP contribution in [0.25, 0.3) is 0 Å². The van der Waals surface area contributed by atoms with Gasteiger partial charge in [-0.1, -0.05) is 12.1 Å². The Hall–Kier alpha value is -1.52. The fraction of sp³-hybridized carbons (Fsp3) is 0.364. The van der Waals surface area contributed by atoms with Gasteiger partial charge in [-0.15, -0.1) is 0 Å². The van der Waals surface area contributed by atoms with Gasteiger partial charge in [-0.25, -0.2) is 0 Å². The number of amides is 1. The first-order valence-corrected chi connectivity index (χ1v) is 4.70. The summed E-state index contributed by atoms with van der Waals surface area (Å²) < 4.78 is 36.8. The highest BCUT2D eigenvalue weighted by atomic mass is 19.4. The topological polar surface area (TPSA) is 20.3 Å². The molecule has 0 spiro atoms. The molecular weight excluding hydrogens is 219 g/mol. The third-order valence-corrected chi connectivity index (χ3v) is 2.50. The lowest BCUT2D eigenvalue weighted by Crippen LogP contribution is -2.20. The Morgan fingerprint density at radius 3 is 2.12 bits per heavy atom. The maximum absolute atomic E-state index is 12.3. The average Bonchev–Trinajstić information content (AvgIpc) is 2.26. The third kappa shape index (κ3) is 2.74. The van der Waals surface area contributed by atoms with E-state index < -0.39 is 11.7 Å². The van der Waals surface area contributed by atoms with E-state index in [1.54, 1.807) is 14.0 Å². The van der Waals surface area contributed by atoms with Gasteiger partial charge in [0.15, 0.2) is 0 Å². The summed E-state index contributed by atoms with van der Waals surface area (Å²) in [5.41, 5.74) is -0.0141. The number of rotatable bonds is 3. The van der Waals surface area contributed by atoms with Gasteiger partial charge in [0.1, 0.15) is 0 Å². The van der Waals surface area contributed by atoms with Crippen molar-refractivity contribution in [2.45, 2.75) is 19.1 Å². The van der Waals surface area contributed by atoms with Crippen molar-refractivity contribution in [2.75, 3.05) is 7.05 Å². The molecule has 0 N–H and O–H groups in total. The minimum atomic E-state index is -4.32. The number of alkyl halides is 3. The Bertz CT molecular complexity index is 358. The molecule has 1 rings (SSSR count). The van der Waals surface area contributed by atoms with Gasteiger partial charge in [0, 0.05) is 7.05 Å². The Morgan fingerprint density at radius 1 is 1.25 bits per heavy atom. The van der Waals surface area contributed by atoms with E-state index in [1.807, 2.05) is 0 Å². The van der Waals surface area contributed by atoms with Crippen molar-refractivity contribution in [3.05, 3.63) is 35.4 Å². The highest BCUT2D eigenvalue weighted by molar-refractivity contribution is 5.48. The Balaban J connectivity index is 2.91. The van der Waals surface area contributed by atoms with Crippen molar-refractivity contribution in [3.63, 3.8) is 0 Å². The Kier molecular flexibility index (Phi) is 3.57. The molecule has 0 aliphatic heterocycles. The van der Waals surface area contributed by atoms with Crippen molar-refractivity contribution in [3.8, 4) is 0 Å². The molecule has 0 unspecified atom stereocenters. The summed E-state index contributed by atoms with van der Waals surface area (Å²) in [7, 11) is 1.58. The molecule has 2 nitrogen and oxygen atoms in total. The van der Waals surface area contributed by atoms with E-state index >= 15 is 0 Å². The average molecular weight is 231 g/mol. The molecule has 1 amide bonds. The predicted molar refractivity (Wildman–Crippen MR) is 53.7 cm³/mol. The summed E-state index contributed by atoms with van der Waals surface area (Å²) >= 11 is 0. The molecule has 16 heavy (non-hydrogen) atoms. The molecule has 0 aromatic heterocycles. The highest BCUT2D eigenvalue weighted by Gasteiger charge is 2.30. The molecule has 0 aliphatic carbocycles. The second kappa shape index (κ2) is 4.55. The van der Waals surface area contributed by atoms with Crippen LogP contribution in [0, 0.1) is 0 Å². The second-order valence-corrected chi connectivity index (χ2v) is 3.57. The smallest absolute Gasteiger partial charge is 0.342 e. The SMILES string of the molecule is C[C@H](c1ccc(C(F)(F)F)cc1)N(C)C=O.